The molecule has 1 heterocycles. The zero-order valence-electron chi connectivity index (χ0n) is 16.7. The lowest BCUT2D eigenvalue weighted by Crippen LogP contribution is -2.13. The molecule has 2 aromatic rings. The first-order valence-electron chi connectivity index (χ1n) is 9.20. The molecule has 0 fully saturated rings. The molecule has 5 nitrogen and oxygen atoms in total. The van der Waals surface area contributed by atoms with E-state index in [1.54, 1.807) is 7.05 Å². The topological polar surface area (TPSA) is 62.5 Å². The molecule has 0 saturated heterocycles. The van der Waals surface area contributed by atoms with Gasteiger partial charge >= 0.3 is 0 Å². The summed E-state index contributed by atoms with van der Waals surface area (Å²) in [4.78, 5) is 9.10. The molecule has 0 bridgehead atoms. The molecular weight excluding hydrogens is 322 g/mol. The number of aromatic nitrogens is 2. The molecule has 0 saturated carbocycles. The van der Waals surface area contributed by atoms with E-state index in [1.807, 2.05) is 26.1 Å². The lowest BCUT2D eigenvalue weighted by atomic mass is 9.94. The molecule has 0 aliphatic rings. The van der Waals surface area contributed by atoms with Crippen LogP contribution in [0.2, 0.25) is 0 Å². The summed E-state index contributed by atoms with van der Waals surface area (Å²) in [7, 11) is 1.70. The van der Waals surface area contributed by atoms with Crippen LogP contribution in [0.25, 0.3) is 5.57 Å². The van der Waals surface area contributed by atoms with Crippen molar-refractivity contribution in [3.8, 4) is 0 Å². The van der Waals surface area contributed by atoms with Gasteiger partial charge in [0.05, 0.1) is 11.4 Å². The summed E-state index contributed by atoms with van der Waals surface area (Å²) in [5, 5.41) is 11.4. The van der Waals surface area contributed by atoms with Gasteiger partial charge in [0.2, 0.25) is 5.95 Å². The van der Waals surface area contributed by atoms with Crippen molar-refractivity contribution in [2.24, 2.45) is 10.2 Å². The van der Waals surface area contributed by atoms with E-state index < -0.39 is 0 Å². The summed E-state index contributed by atoms with van der Waals surface area (Å²) < 4.78 is 0. The van der Waals surface area contributed by atoms with Crippen LogP contribution in [0.4, 0.5) is 11.6 Å². The summed E-state index contributed by atoms with van der Waals surface area (Å²) in [6, 6.07) is 6.65. The molecule has 0 spiro atoms. The van der Waals surface area contributed by atoms with Gasteiger partial charge in [-0.15, -0.1) is 0 Å². The minimum atomic E-state index is 0. The minimum absolute atomic E-state index is 0. The zero-order valence-corrected chi connectivity index (χ0v) is 16.7. The van der Waals surface area contributed by atoms with E-state index in [9.17, 15) is 0 Å². The number of aryl methyl sites for hydroxylation is 2. The van der Waals surface area contributed by atoms with Gasteiger partial charge in [0, 0.05) is 26.3 Å². The molecule has 26 heavy (non-hydrogen) atoms. The summed E-state index contributed by atoms with van der Waals surface area (Å²) in [6.07, 6.45) is 6.07. The standard InChI is InChI=1S/C21H29N5.H2/c1-7-9-17-12-16(10-11-20(17)26-22-6)18(8-2)19-13-23-21(24-14(3)4)25-15(19)5;/h8,10-14H,7,9H2,1-6H3,(H,23,24,25);1H/b18-8-,26-22?;. The van der Waals surface area contributed by atoms with Crippen LogP contribution in [0.3, 0.4) is 0 Å². The summed E-state index contributed by atoms with van der Waals surface area (Å²) in [5.74, 6) is 0.669. The number of hydrogen-bond acceptors (Lipinski definition) is 5. The predicted octanol–water partition coefficient (Wildman–Crippen LogP) is 5.97. The van der Waals surface area contributed by atoms with E-state index in [2.05, 4.69) is 64.5 Å². The monoisotopic (exact) mass is 353 g/mol. The van der Waals surface area contributed by atoms with Gasteiger partial charge in [-0.25, -0.2) is 9.97 Å². The number of rotatable bonds is 7. The second-order valence-corrected chi connectivity index (χ2v) is 6.59. The molecule has 140 valence electrons. The third-order valence-electron chi connectivity index (χ3n) is 4.09. The second kappa shape index (κ2) is 9.22. The number of benzene rings is 1. The van der Waals surface area contributed by atoms with E-state index in [0.29, 0.717) is 12.0 Å². The maximum absolute atomic E-state index is 4.62. The number of allylic oxidation sites excluding steroid dienone is 1. The SMILES string of the molecule is C/C=C(/c1ccc(N=NC)c(CCC)c1)c1cnc(NC(C)C)nc1C.[HH]. The fraction of sp³-hybridized carbons (Fsp3) is 0.429. The van der Waals surface area contributed by atoms with E-state index in [0.717, 1.165) is 40.9 Å². The molecule has 0 radical (unpaired) electrons. The van der Waals surface area contributed by atoms with Gasteiger partial charge < -0.3 is 5.32 Å². The average Bonchev–Trinajstić information content (AvgIpc) is 2.59. The maximum atomic E-state index is 4.62. The van der Waals surface area contributed by atoms with Crippen molar-refractivity contribution in [1.82, 2.24) is 9.97 Å². The third-order valence-corrected chi connectivity index (χ3v) is 4.09. The van der Waals surface area contributed by atoms with Crippen LogP contribution in [0.1, 0.15) is 57.9 Å². The number of azo groups is 1. The van der Waals surface area contributed by atoms with Crippen LogP contribution in [0, 0.1) is 6.92 Å². The Morgan fingerprint density at radius 1 is 1.35 bits per heavy atom. The molecule has 0 aliphatic carbocycles. The Kier molecular flexibility index (Phi) is 7.01. The summed E-state index contributed by atoms with van der Waals surface area (Å²) in [5.41, 5.74) is 6.46. The Bertz CT molecular complexity index is 812. The first kappa shape index (κ1) is 19.8. The van der Waals surface area contributed by atoms with E-state index in [-0.39, 0.29) is 1.43 Å². The fourth-order valence-electron chi connectivity index (χ4n) is 2.96. The van der Waals surface area contributed by atoms with E-state index in [1.165, 1.54) is 5.56 Å². The van der Waals surface area contributed by atoms with Crippen molar-refractivity contribution >= 4 is 17.2 Å². The first-order chi connectivity index (χ1) is 12.5. The van der Waals surface area contributed by atoms with Crippen LogP contribution in [0.15, 0.2) is 40.7 Å². The molecule has 2 rings (SSSR count). The highest BCUT2D eigenvalue weighted by molar-refractivity contribution is 5.81. The van der Waals surface area contributed by atoms with Crippen molar-refractivity contribution in [2.45, 2.75) is 53.5 Å². The molecule has 0 atom stereocenters. The van der Waals surface area contributed by atoms with Gasteiger partial charge in [-0.2, -0.15) is 10.2 Å². The Morgan fingerprint density at radius 2 is 2.12 bits per heavy atom. The number of nitrogens with one attached hydrogen (secondary N) is 1. The summed E-state index contributed by atoms with van der Waals surface area (Å²) >= 11 is 0. The Labute approximate surface area is 158 Å². The lowest BCUT2D eigenvalue weighted by molar-refractivity contribution is 0.869. The largest absolute Gasteiger partial charge is 0.352 e. The smallest absolute Gasteiger partial charge is 0.223 e. The molecule has 0 unspecified atom stereocenters. The molecular formula is C21H31N5. The molecule has 1 aromatic heterocycles. The van der Waals surface area contributed by atoms with Crippen molar-refractivity contribution in [3.63, 3.8) is 0 Å². The highest BCUT2D eigenvalue weighted by Gasteiger charge is 2.12. The van der Waals surface area contributed by atoms with Crippen LogP contribution in [0.5, 0.6) is 0 Å². The van der Waals surface area contributed by atoms with Crippen LogP contribution in [-0.4, -0.2) is 23.1 Å². The van der Waals surface area contributed by atoms with Crippen molar-refractivity contribution in [3.05, 3.63) is 52.9 Å². The first-order valence-corrected chi connectivity index (χ1v) is 9.20. The average molecular weight is 354 g/mol. The highest BCUT2D eigenvalue weighted by Crippen LogP contribution is 2.30. The summed E-state index contributed by atoms with van der Waals surface area (Å²) in [6.45, 7) is 10.4. The van der Waals surface area contributed by atoms with Gasteiger partial charge in [-0.3, -0.25) is 0 Å². The maximum Gasteiger partial charge on any atom is 0.223 e. The highest BCUT2D eigenvalue weighted by atomic mass is 15.1. The van der Waals surface area contributed by atoms with Crippen molar-refractivity contribution < 1.29 is 1.43 Å². The molecule has 0 amide bonds. The number of anilines is 1. The second-order valence-electron chi connectivity index (χ2n) is 6.59. The van der Waals surface area contributed by atoms with Gasteiger partial charge in [0.25, 0.3) is 0 Å². The predicted molar refractivity (Wildman–Crippen MR) is 111 cm³/mol. The van der Waals surface area contributed by atoms with Crippen LogP contribution in [-0.2, 0) is 6.42 Å². The van der Waals surface area contributed by atoms with Gasteiger partial charge in [0.15, 0.2) is 0 Å². The Hall–Kier alpha value is -2.56. The number of hydrogen-bond donors (Lipinski definition) is 1. The lowest BCUT2D eigenvalue weighted by Gasteiger charge is -2.14. The quantitative estimate of drug-likeness (QED) is 0.624. The van der Waals surface area contributed by atoms with Crippen LogP contribution >= 0.6 is 0 Å². The fourth-order valence-corrected chi connectivity index (χ4v) is 2.96. The normalized spacial score (nSPS) is 12.2. The molecule has 5 heteroatoms. The van der Waals surface area contributed by atoms with Gasteiger partial charge in [-0.05, 0) is 62.9 Å². The van der Waals surface area contributed by atoms with Gasteiger partial charge in [0.1, 0.15) is 0 Å². The van der Waals surface area contributed by atoms with E-state index >= 15 is 0 Å². The van der Waals surface area contributed by atoms with Crippen molar-refractivity contribution in [2.75, 3.05) is 12.4 Å². The van der Waals surface area contributed by atoms with E-state index in [4.69, 9.17) is 0 Å². The van der Waals surface area contributed by atoms with Crippen molar-refractivity contribution in [1.29, 1.82) is 0 Å². The van der Waals surface area contributed by atoms with Crippen LogP contribution < -0.4 is 5.32 Å². The molecule has 1 N–H and O–H groups in total. The Morgan fingerprint density at radius 3 is 2.69 bits per heavy atom. The Balaban J connectivity index is 0.00000364. The molecule has 0 aliphatic heterocycles. The zero-order chi connectivity index (χ0) is 19.1. The minimum Gasteiger partial charge on any atom is -0.352 e. The van der Waals surface area contributed by atoms with Gasteiger partial charge in [-0.1, -0.05) is 25.5 Å². The number of nitrogens with zero attached hydrogens (tertiary/aromatic N) is 4. The third kappa shape index (κ3) is 4.75. The molecule has 1 aromatic carbocycles.